The number of hydrogen-bond acceptors (Lipinski definition) is 6. The van der Waals surface area contributed by atoms with Gasteiger partial charge < -0.3 is 8.83 Å². The molecule has 12 heteroatoms. The molecule has 0 saturated carbocycles. The third kappa shape index (κ3) is 4.69. The minimum atomic E-state index is -4.45. The Bertz CT molecular complexity index is 1370. The van der Waals surface area contributed by atoms with Crippen molar-refractivity contribution in [2.24, 2.45) is 0 Å². The first kappa shape index (κ1) is 23.3. The molecule has 36 heavy (non-hydrogen) atoms. The van der Waals surface area contributed by atoms with Gasteiger partial charge in [-0.1, -0.05) is 0 Å². The number of hydrogen-bond donors (Lipinski definition) is 0. The van der Waals surface area contributed by atoms with E-state index in [9.17, 15) is 26.3 Å². The van der Waals surface area contributed by atoms with Crippen molar-refractivity contribution in [3.05, 3.63) is 83.9 Å². The Balaban J connectivity index is 1.32. The second-order valence-corrected chi connectivity index (χ2v) is 7.55. The fourth-order valence-electron chi connectivity index (χ4n) is 3.27. The summed E-state index contributed by atoms with van der Waals surface area (Å²) in [5.41, 5.74) is 0.159. The van der Waals surface area contributed by atoms with Crippen molar-refractivity contribution in [2.45, 2.75) is 12.4 Å². The molecule has 2 aromatic heterocycles. The molecule has 5 rings (SSSR count). The number of benzene rings is 3. The second kappa shape index (κ2) is 8.63. The lowest BCUT2D eigenvalue weighted by atomic mass is 10.1. The standard InChI is InChI=1S/C24H12F6N4O2/c25-23(26,27)17-9-5-15(6-10-17)21-33-31-19(35-21)13-1-2-14(4-3-13)20-32-34-22(36-20)16-7-11-18(12-8-16)24(28,29)30/h1-12H. The Kier molecular flexibility index (Phi) is 5.58. The zero-order valence-corrected chi connectivity index (χ0v) is 17.8. The molecule has 5 aromatic rings. The molecule has 0 aliphatic rings. The van der Waals surface area contributed by atoms with Crippen molar-refractivity contribution in [3.8, 4) is 45.8 Å². The van der Waals surface area contributed by atoms with E-state index in [0.29, 0.717) is 22.3 Å². The molecule has 0 fully saturated rings. The van der Waals surface area contributed by atoms with Gasteiger partial charge in [-0.3, -0.25) is 0 Å². The van der Waals surface area contributed by atoms with Gasteiger partial charge in [0, 0.05) is 22.3 Å². The largest absolute Gasteiger partial charge is 0.416 e. The SMILES string of the molecule is FC(F)(F)c1ccc(-c2nnc(-c3ccc(-c4nnc(-c5ccc(C(F)(F)F)cc5)o4)cc3)o2)cc1. The number of rotatable bonds is 4. The monoisotopic (exact) mass is 502 g/mol. The zero-order chi connectivity index (χ0) is 25.5. The van der Waals surface area contributed by atoms with Crippen LogP contribution in [0.5, 0.6) is 0 Å². The first-order chi connectivity index (χ1) is 17.1. The molecule has 6 nitrogen and oxygen atoms in total. The van der Waals surface area contributed by atoms with Crippen molar-refractivity contribution in [3.63, 3.8) is 0 Å². The fraction of sp³-hybridized carbons (Fsp3) is 0.0833. The zero-order valence-electron chi connectivity index (χ0n) is 17.8. The number of halogens is 6. The van der Waals surface area contributed by atoms with Crippen LogP contribution in [0, 0.1) is 0 Å². The fourth-order valence-corrected chi connectivity index (χ4v) is 3.27. The van der Waals surface area contributed by atoms with Crippen LogP contribution in [0.3, 0.4) is 0 Å². The van der Waals surface area contributed by atoms with Crippen molar-refractivity contribution < 1.29 is 35.2 Å². The maximum Gasteiger partial charge on any atom is 0.416 e. The number of alkyl halides is 6. The highest BCUT2D eigenvalue weighted by atomic mass is 19.4. The van der Waals surface area contributed by atoms with Crippen molar-refractivity contribution in [1.82, 2.24) is 20.4 Å². The molecule has 0 bridgehead atoms. The van der Waals surface area contributed by atoms with Gasteiger partial charge in [-0.25, -0.2) is 0 Å². The van der Waals surface area contributed by atoms with Gasteiger partial charge in [-0.05, 0) is 72.8 Å². The predicted octanol–water partition coefficient (Wildman–Crippen LogP) is 7.16. The summed E-state index contributed by atoms with van der Waals surface area (Å²) in [7, 11) is 0. The average Bonchev–Trinajstić information content (AvgIpc) is 3.54. The van der Waals surface area contributed by atoms with E-state index in [-0.39, 0.29) is 23.6 Å². The van der Waals surface area contributed by atoms with Crippen molar-refractivity contribution in [2.75, 3.05) is 0 Å². The van der Waals surface area contributed by atoms with E-state index in [1.165, 1.54) is 24.3 Å². The van der Waals surface area contributed by atoms with Crippen LogP contribution >= 0.6 is 0 Å². The van der Waals surface area contributed by atoms with Crippen molar-refractivity contribution in [1.29, 1.82) is 0 Å². The molecule has 0 N–H and O–H groups in total. The summed E-state index contributed by atoms with van der Waals surface area (Å²) < 4.78 is 87.6. The Morgan fingerprint density at radius 2 is 0.611 bits per heavy atom. The van der Waals surface area contributed by atoms with Gasteiger partial charge >= 0.3 is 12.4 Å². The molecular formula is C24H12F6N4O2. The first-order valence-corrected chi connectivity index (χ1v) is 10.2. The topological polar surface area (TPSA) is 77.8 Å². The Hall–Kier alpha value is -4.48. The van der Waals surface area contributed by atoms with Crippen LogP contribution in [0.25, 0.3) is 45.8 Å². The maximum absolute atomic E-state index is 12.7. The van der Waals surface area contributed by atoms with Crippen LogP contribution in [0.4, 0.5) is 26.3 Å². The quantitative estimate of drug-likeness (QED) is 0.243. The summed E-state index contributed by atoms with van der Waals surface area (Å²) in [4.78, 5) is 0. The number of aromatic nitrogens is 4. The molecule has 0 spiro atoms. The molecule has 0 aliphatic carbocycles. The lowest BCUT2D eigenvalue weighted by Gasteiger charge is -2.05. The molecular weight excluding hydrogens is 490 g/mol. The van der Waals surface area contributed by atoms with Gasteiger partial charge in [0.1, 0.15) is 0 Å². The third-order valence-corrected chi connectivity index (χ3v) is 5.15. The summed E-state index contributed by atoms with van der Waals surface area (Å²) in [6.07, 6.45) is -8.89. The molecule has 3 aromatic carbocycles. The lowest BCUT2D eigenvalue weighted by Crippen LogP contribution is -2.03. The molecule has 0 atom stereocenters. The highest BCUT2D eigenvalue weighted by molar-refractivity contribution is 5.64. The summed E-state index contributed by atoms with van der Waals surface area (Å²) in [6.45, 7) is 0. The minimum Gasteiger partial charge on any atom is -0.416 e. The molecule has 0 radical (unpaired) electrons. The van der Waals surface area contributed by atoms with E-state index in [4.69, 9.17) is 8.83 Å². The van der Waals surface area contributed by atoms with Crippen LogP contribution < -0.4 is 0 Å². The van der Waals surface area contributed by atoms with Gasteiger partial charge in [0.25, 0.3) is 0 Å². The first-order valence-electron chi connectivity index (χ1n) is 10.2. The normalized spacial score (nSPS) is 12.2. The van der Waals surface area contributed by atoms with E-state index < -0.39 is 23.5 Å². The predicted molar refractivity (Wildman–Crippen MR) is 114 cm³/mol. The second-order valence-electron chi connectivity index (χ2n) is 7.55. The molecule has 0 amide bonds. The van der Waals surface area contributed by atoms with Gasteiger partial charge in [-0.2, -0.15) is 26.3 Å². The molecule has 182 valence electrons. The van der Waals surface area contributed by atoms with Gasteiger partial charge in [0.15, 0.2) is 0 Å². The number of nitrogens with zero attached hydrogens (tertiary/aromatic N) is 4. The molecule has 0 unspecified atom stereocenters. The Morgan fingerprint density at radius 1 is 0.389 bits per heavy atom. The minimum absolute atomic E-state index is 0.0564. The van der Waals surface area contributed by atoms with Crippen molar-refractivity contribution >= 4 is 0 Å². The van der Waals surface area contributed by atoms with E-state index >= 15 is 0 Å². The van der Waals surface area contributed by atoms with Crippen LogP contribution in [0.1, 0.15) is 11.1 Å². The van der Waals surface area contributed by atoms with Crippen LogP contribution in [-0.2, 0) is 12.4 Å². The summed E-state index contributed by atoms with van der Waals surface area (Å²) in [5, 5.41) is 15.6. The van der Waals surface area contributed by atoms with E-state index in [0.717, 1.165) is 24.3 Å². The average molecular weight is 502 g/mol. The molecule has 2 heterocycles. The lowest BCUT2D eigenvalue weighted by molar-refractivity contribution is -0.138. The van der Waals surface area contributed by atoms with Crippen LogP contribution in [0.2, 0.25) is 0 Å². The van der Waals surface area contributed by atoms with Crippen LogP contribution in [0.15, 0.2) is 81.6 Å². The van der Waals surface area contributed by atoms with E-state index in [1.54, 1.807) is 24.3 Å². The van der Waals surface area contributed by atoms with Gasteiger partial charge in [0.05, 0.1) is 11.1 Å². The smallest absolute Gasteiger partial charge is 0.416 e. The van der Waals surface area contributed by atoms with E-state index in [1.807, 2.05) is 0 Å². The Labute approximate surface area is 198 Å². The van der Waals surface area contributed by atoms with E-state index in [2.05, 4.69) is 20.4 Å². The Morgan fingerprint density at radius 3 is 0.833 bits per heavy atom. The molecule has 0 aliphatic heterocycles. The highest BCUT2D eigenvalue weighted by Gasteiger charge is 2.31. The van der Waals surface area contributed by atoms with Gasteiger partial charge in [-0.15, -0.1) is 20.4 Å². The summed E-state index contributed by atoms with van der Waals surface area (Å²) in [5.74, 6) is 0.404. The summed E-state index contributed by atoms with van der Waals surface area (Å²) >= 11 is 0. The molecule has 0 saturated heterocycles. The maximum atomic E-state index is 12.7. The van der Waals surface area contributed by atoms with Crippen LogP contribution in [-0.4, -0.2) is 20.4 Å². The van der Waals surface area contributed by atoms with Gasteiger partial charge in [0.2, 0.25) is 23.6 Å². The summed E-state index contributed by atoms with van der Waals surface area (Å²) in [6, 6.07) is 15.2. The third-order valence-electron chi connectivity index (χ3n) is 5.15. The highest BCUT2D eigenvalue weighted by Crippen LogP contribution is 2.33.